The van der Waals surface area contributed by atoms with Gasteiger partial charge in [-0.1, -0.05) is 48.5 Å². The molecule has 0 spiro atoms. The maximum Gasteiger partial charge on any atom is 0.435 e. The zero-order valence-electron chi connectivity index (χ0n) is 19.3. The van der Waals surface area contributed by atoms with Gasteiger partial charge >= 0.3 is 6.18 Å². The molecule has 5 aromatic rings. The molecule has 5 rings (SSSR count). The molecule has 1 amide bonds. The Bertz CT molecular complexity index is 1640. The molecule has 0 radical (unpaired) electrons. The normalized spacial score (nSPS) is 11.5. The van der Waals surface area contributed by atoms with Crippen LogP contribution in [0.25, 0.3) is 38.5 Å². The molecule has 0 saturated heterocycles. The third-order valence-corrected chi connectivity index (χ3v) is 5.88. The van der Waals surface area contributed by atoms with Crippen molar-refractivity contribution in [3.8, 4) is 16.9 Å². The van der Waals surface area contributed by atoms with Crippen molar-refractivity contribution in [2.45, 2.75) is 6.18 Å². The van der Waals surface area contributed by atoms with Crippen molar-refractivity contribution < 1.29 is 18.0 Å². The number of hydrogen-bond donors (Lipinski definition) is 4. The Kier molecular flexibility index (Phi) is 6.00. The van der Waals surface area contributed by atoms with Crippen molar-refractivity contribution >= 4 is 39.1 Å². The van der Waals surface area contributed by atoms with E-state index in [-0.39, 0.29) is 18.2 Å². The second-order valence-electron chi connectivity index (χ2n) is 8.41. The summed E-state index contributed by atoms with van der Waals surface area (Å²) >= 11 is 0. The van der Waals surface area contributed by atoms with Gasteiger partial charge in [0.25, 0.3) is 0 Å². The number of nitrogens with two attached hydrogens (primary N) is 1. The number of anilines is 1. The Labute approximate surface area is 209 Å². The van der Waals surface area contributed by atoms with Gasteiger partial charge < -0.3 is 16.4 Å². The minimum Gasteiger partial charge on any atom is -0.370 e. The van der Waals surface area contributed by atoms with E-state index in [4.69, 9.17) is 11.1 Å². The maximum atomic E-state index is 13.6. The van der Waals surface area contributed by atoms with Crippen molar-refractivity contribution in [3.05, 3.63) is 90.6 Å². The van der Waals surface area contributed by atoms with Crippen LogP contribution in [-0.4, -0.2) is 28.2 Å². The predicted octanol–water partition coefficient (Wildman–Crippen LogP) is 5.29. The molecule has 5 N–H and O–H groups in total. The molecule has 0 unspecified atom stereocenters. The number of guanidine groups is 1. The van der Waals surface area contributed by atoms with Crippen molar-refractivity contribution in [2.75, 3.05) is 11.9 Å². The first-order valence-electron chi connectivity index (χ1n) is 11.3. The first-order chi connectivity index (χ1) is 17.7. The average molecular weight is 503 g/mol. The molecule has 0 atom stereocenters. The van der Waals surface area contributed by atoms with E-state index in [0.717, 1.165) is 27.6 Å². The van der Waals surface area contributed by atoms with Gasteiger partial charge in [-0.15, -0.1) is 0 Å². The smallest absolute Gasteiger partial charge is 0.370 e. The standard InChI is InChI=1S/C27H21F3N6O/c28-27(29,30)24-14-23(18-7-12-22-17(13-18)6-5-16-3-1-2-4-21(16)22)36(35-24)20-10-8-19(9-11-20)34-25(37)15-33-26(31)32/h1-14H,15H2,(H,34,37)(H4,31,32,33). The van der Waals surface area contributed by atoms with E-state index in [1.54, 1.807) is 30.3 Å². The fourth-order valence-corrected chi connectivity index (χ4v) is 4.16. The number of benzene rings is 4. The molecule has 0 aliphatic carbocycles. The van der Waals surface area contributed by atoms with Gasteiger partial charge in [-0.3, -0.25) is 10.2 Å². The van der Waals surface area contributed by atoms with Gasteiger partial charge in [-0.25, -0.2) is 4.68 Å². The van der Waals surface area contributed by atoms with Crippen LogP contribution in [0.4, 0.5) is 18.9 Å². The lowest BCUT2D eigenvalue weighted by atomic mass is 9.99. The SMILES string of the molecule is N=C(N)NCC(=O)Nc1ccc(-n2nc(C(F)(F)F)cc2-c2ccc3c(ccc4ccccc43)c2)cc1. The quantitative estimate of drug-likeness (QED) is 0.149. The number of amides is 1. The summed E-state index contributed by atoms with van der Waals surface area (Å²) in [4.78, 5) is 11.9. The monoisotopic (exact) mass is 502 g/mol. The van der Waals surface area contributed by atoms with Crippen LogP contribution in [0.1, 0.15) is 5.69 Å². The summed E-state index contributed by atoms with van der Waals surface area (Å²) in [6.45, 7) is -0.188. The fourth-order valence-electron chi connectivity index (χ4n) is 4.16. The molecule has 37 heavy (non-hydrogen) atoms. The molecule has 0 aliphatic rings. The van der Waals surface area contributed by atoms with Crippen LogP contribution >= 0.6 is 0 Å². The summed E-state index contributed by atoms with van der Waals surface area (Å²) in [6.07, 6.45) is -4.62. The molecule has 0 bridgehead atoms. The molecule has 1 aromatic heterocycles. The summed E-state index contributed by atoms with van der Waals surface area (Å²) in [5, 5.41) is 20.0. The van der Waals surface area contributed by atoms with Crippen molar-refractivity contribution in [1.29, 1.82) is 5.41 Å². The minimum absolute atomic E-state index is 0.188. The van der Waals surface area contributed by atoms with Crippen LogP contribution in [0.15, 0.2) is 84.9 Å². The number of carbonyl (C=O) groups excluding carboxylic acids is 1. The van der Waals surface area contributed by atoms with Crippen LogP contribution < -0.4 is 16.4 Å². The highest BCUT2D eigenvalue weighted by Gasteiger charge is 2.35. The number of aromatic nitrogens is 2. The lowest BCUT2D eigenvalue weighted by Crippen LogP contribution is -2.36. The van der Waals surface area contributed by atoms with Crippen LogP contribution in [0.3, 0.4) is 0 Å². The van der Waals surface area contributed by atoms with Gasteiger partial charge in [-0.2, -0.15) is 18.3 Å². The van der Waals surface area contributed by atoms with Crippen LogP contribution in [0.2, 0.25) is 0 Å². The summed E-state index contributed by atoms with van der Waals surface area (Å²) in [6, 6.07) is 24.7. The zero-order valence-corrected chi connectivity index (χ0v) is 19.3. The Morgan fingerprint density at radius 1 is 0.919 bits per heavy atom. The Morgan fingerprint density at radius 2 is 1.62 bits per heavy atom. The fraction of sp³-hybridized carbons (Fsp3) is 0.0741. The lowest BCUT2D eigenvalue weighted by molar-refractivity contribution is -0.141. The highest BCUT2D eigenvalue weighted by molar-refractivity contribution is 6.08. The average Bonchev–Trinajstić information content (AvgIpc) is 3.34. The van der Waals surface area contributed by atoms with E-state index in [1.807, 2.05) is 48.5 Å². The van der Waals surface area contributed by atoms with E-state index < -0.39 is 17.8 Å². The number of halogens is 3. The highest BCUT2D eigenvalue weighted by atomic mass is 19.4. The second-order valence-corrected chi connectivity index (χ2v) is 8.41. The number of fused-ring (bicyclic) bond motifs is 3. The Hall–Kier alpha value is -4.86. The molecule has 0 fully saturated rings. The topological polar surface area (TPSA) is 109 Å². The van der Waals surface area contributed by atoms with Gasteiger partial charge in [0.15, 0.2) is 11.7 Å². The summed E-state index contributed by atoms with van der Waals surface area (Å²) in [5.41, 5.74) is 5.85. The molecular formula is C27H21F3N6O. The third-order valence-electron chi connectivity index (χ3n) is 5.88. The summed E-state index contributed by atoms with van der Waals surface area (Å²) < 4.78 is 42.1. The maximum absolute atomic E-state index is 13.6. The molecular weight excluding hydrogens is 481 g/mol. The Morgan fingerprint density at radius 3 is 2.35 bits per heavy atom. The van der Waals surface area contributed by atoms with Crippen molar-refractivity contribution in [3.63, 3.8) is 0 Å². The van der Waals surface area contributed by atoms with E-state index in [2.05, 4.69) is 15.7 Å². The van der Waals surface area contributed by atoms with Gasteiger partial charge in [0.1, 0.15) is 0 Å². The van der Waals surface area contributed by atoms with Crippen molar-refractivity contribution in [2.24, 2.45) is 5.73 Å². The molecule has 7 nitrogen and oxygen atoms in total. The molecule has 10 heteroatoms. The van der Waals surface area contributed by atoms with E-state index in [1.165, 1.54) is 4.68 Å². The lowest BCUT2D eigenvalue weighted by Gasteiger charge is -2.11. The second kappa shape index (κ2) is 9.30. The van der Waals surface area contributed by atoms with Gasteiger partial charge in [0.2, 0.25) is 5.91 Å². The van der Waals surface area contributed by atoms with E-state index in [9.17, 15) is 18.0 Å². The molecule has 0 aliphatic heterocycles. The highest BCUT2D eigenvalue weighted by Crippen LogP contribution is 2.35. The molecule has 186 valence electrons. The summed E-state index contributed by atoms with van der Waals surface area (Å²) in [5.74, 6) is -0.759. The van der Waals surface area contributed by atoms with Crippen LogP contribution in [-0.2, 0) is 11.0 Å². The van der Waals surface area contributed by atoms with E-state index >= 15 is 0 Å². The molecule has 0 saturated carbocycles. The molecule has 4 aromatic carbocycles. The first kappa shape index (κ1) is 23.9. The molecule has 1 heterocycles. The van der Waals surface area contributed by atoms with Crippen LogP contribution in [0.5, 0.6) is 0 Å². The largest absolute Gasteiger partial charge is 0.435 e. The van der Waals surface area contributed by atoms with Gasteiger partial charge in [0, 0.05) is 11.3 Å². The number of nitrogens with zero attached hydrogens (tertiary/aromatic N) is 2. The number of nitrogens with one attached hydrogen (secondary N) is 3. The zero-order chi connectivity index (χ0) is 26.2. The van der Waals surface area contributed by atoms with Gasteiger partial charge in [0.05, 0.1) is 17.9 Å². The number of rotatable bonds is 5. The van der Waals surface area contributed by atoms with E-state index in [0.29, 0.717) is 16.9 Å². The minimum atomic E-state index is -4.62. The number of alkyl halides is 3. The summed E-state index contributed by atoms with van der Waals surface area (Å²) in [7, 11) is 0. The Balaban J connectivity index is 1.52. The number of carbonyl (C=O) groups is 1. The third kappa shape index (κ3) is 4.94. The number of hydrogen-bond acceptors (Lipinski definition) is 3. The van der Waals surface area contributed by atoms with Gasteiger partial charge in [-0.05, 0) is 57.9 Å². The predicted molar refractivity (Wildman–Crippen MR) is 138 cm³/mol. The van der Waals surface area contributed by atoms with Crippen molar-refractivity contribution in [1.82, 2.24) is 15.1 Å². The van der Waals surface area contributed by atoms with Crippen LogP contribution in [0, 0.1) is 5.41 Å². The first-order valence-corrected chi connectivity index (χ1v) is 11.3.